The molecule has 38 heavy (non-hydrogen) atoms. The van der Waals surface area contributed by atoms with Gasteiger partial charge in [-0.15, -0.1) is 0 Å². The molecule has 2 aromatic heterocycles. The molecule has 2 heterocycles. The zero-order valence-electron chi connectivity index (χ0n) is 21.3. The molecule has 11 nitrogen and oxygen atoms in total. The minimum absolute atomic E-state index is 0.227. The Morgan fingerprint density at radius 1 is 0.947 bits per heavy atom. The Bertz CT molecular complexity index is 1410. The Labute approximate surface area is 222 Å². The lowest BCUT2D eigenvalue weighted by Crippen LogP contribution is -2.25. The topological polar surface area (TPSA) is 130 Å². The van der Waals surface area contributed by atoms with Crippen LogP contribution in [0, 0.1) is 0 Å². The number of carboxylic acid groups (broad SMARTS) is 1. The molecule has 0 unspecified atom stereocenters. The lowest BCUT2D eigenvalue weighted by molar-refractivity contribution is -0.139. The number of carbonyl (C=O) groups is 2. The fraction of sp³-hybridized carbons (Fsp3) is 0.269. The summed E-state index contributed by atoms with van der Waals surface area (Å²) in [6.07, 6.45) is 3.97. The van der Waals surface area contributed by atoms with Crippen LogP contribution in [0.4, 0.5) is 0 Å². The van der Waals surface area contributed by atoms with Crippen LogP contribution >= 0.6 is 11.3 Å². The molecule has 0 atom stereocenters. The fourth-order valence-electron chi connectivity index (χ4n) is 3.86. The number of rotatable bonds is 12. The molecule has 0 fully saturated rings. The lowest BCUT2D eigenvalue weighted by Gasteiger charge is -2.15. The van der Waals surface area contributed by atoms with Gasteiger partial charge in [0.1, 0.15) is 33.6 Å². The number of thiazole rings is 1. The van der Waals surface area contributed by atoms with Crippen molar-refractivity contribution in [1.29, 1.82) is 0 Å². The molecule has 0 radical (unpaired) electrons. The molecule has 0 aliphatic carbocycles. The number of hydrogen-bond donors (Lipinski definition) is 2. The molecule has 0 aliphatic rings. The summed E-state index contributed by atoms with van der Waals surface area (Å²) in [5, 5.41) is 11.8. The van der Waals surface area contributed by atoms with Crippen LogP contribution in [0.25, 0.3) is 16.2 Å². The van der Waals surface area contributed by atoms with E-state index in [0.29, 0.717) is 62.8 Å². The van der Waals surface area contributed by atoms with E-state index < -0.39 is 12.6 Å². The van der Waals surface area contributed by atoms with Gasteiger partial charge in [-0.2, -0.15) is 0 Å². The third-order valence-electron chi connectivity index (χ3n) is 5.67. The number of fused-ring (bicyclic) bond motifs is 1. The van der Waals surface area contributed by atoms with Crippen LogP contribution in [0.1, 0.15) is 15.2 Å². The Hall–Kier alpha value is -4.45. The summed E-state index contributed by atoms with van der Waals surface area (Å²) in [7, 11) is 6.25. The fourth-order valence-corrected chi connectivity index (χ4v) is 4.75. The Morgan fingerprint density at radius 2 is 1.66 bits per heavy atom. The number of imidazole rings is 1. The van der Waals surface area contributed by atoms with E-state index >= 15 is 0 Å². The molecule has 4 aromatic rings. The summed E-state index contributed by atoms with van der Waals surface area (Å²) in [4.78, 5) is 29.4. The number of nitrogens with one attached hydrogen (secondary N) is 1. The highest BCUT2D eigenvalue weighted by atomic mass is 32.1. The van der Waals surface area contributed by atoms with Gasteiger partial charge in [-0.3, -0.25) is 9.20 Å². The van der Waals surface area contributed by atoms with Gasteiger partial charge in [0.25, 0.3) is 5.91 Å². The normalized spacial score (nSPS) is 10.7. The number of carboxylic acids is 1. The highest BCUT2D eigenvalue weighted by Gasteiger charge is 2.18. The molecule has 2 N–H and O–H groups in total. The first-order valence-electron chi connectivity index (χ1n) is 11.5. The Morgan fingerprint density at radius 3 is 2.26 bits per heavy atom. The van der Waals surface area contributed by atoms with Crippen molar-refractivity contribution in [2.75, 3.05) is 41.6 Å². The molecule has 4 rings (SSSR count). The molecule has 1 amide bonds. The standard InChI is InChI=1S/C26H27N3O8S/c1-33-16-10-21(35-3)17(22(11-16)36-4)7-8-27-25(32)23-13-29-12-19(28-26(29)38-23)18-9-15(37-14-24(30)31)5-6-20(18)34-2/h5-6,9-13H,7-8,14H2,1-4H3,(H,27,32)(H,30,31). The van der Waals surface area contributed by atoms with Crippen molar-refractivity contribution in [3.8, 4) is 40.0 Å². The van der Waals surface area contributed by atoms with Crippen molar-refractivity contribution in [2.24, 2.45) is 0 Å². The van der Waals surface area contributed by atoms with Gasteiger partial charge in [0, 0.05) is 42.2 Å². The number of ether oxygens (including phenoxy) is 5. The SMILES string of the molecule is COc1cc(OC)c(CCNC(=O)c2cn3cc(-c4cc(OCC(=O)O)ccc4OC)nc3s2)c(OC)c1. The van der Waals surface area contributed by atoms with E-state index in [1.807, 2.05) is 0 Å². The highest BCUT2D eigenvalue weighted by molar-refractivity contribution is 7.18. The number of methoxy groups -OCH3 is 4. The number of carbonyl (C=O) groups excluding carboxylic acids is 1. The van der Waals surface area contributed by atoms with Crippen molar-refractivity contribution >= 4 is 28.2 Å². The van der Waals surface area contributed by atoms with Crippen LogP contribution in [0.2, 0.25) is 0 Å². The van der Waals surface area contributed by atoms with Crippen molar-refractivity contribution in [2.45, 2.75) is 6.42 Å². The number of benzene rings is 2. The maximum Gasteiger partial charge on any atom is 0.341 e. The van der Waals surface area contributed by atoms with E-state index in [-0.39, 0.29) is 5.91 Å². The minimum Gasteiger partial charge on any atom is -0.496 e. The van der Waals surface area contributed by atoms with Gasteiger partial charge in [-0.05, 0) is 24.6 Å². The molecule has 12 heteroatoms. The first-order valence-corrected chi connectivity index (χ1v) is 12.3. The molecule has 200 valence electrons. The number of aromatic nitrogens is 2. The molecule has 0 saturated heterocycles. The molecule has 0 aliphatic heterocycles. The Kier molecular flexibility index (Phi) is 8.22. The van der Waals surface area contributed by atoms with Gasteiger partial charge in [-0.25, -0.2) is 9.78 Å². The van der Waals surface area contributed by atoms with Crippen LogP contribution in [-0.2, 0) is 11.2 Å². The van der Waals surface area contributed by atoms with Crippen molar-refractivity contribution in [3.05, 3.63) is 53.2 Å². The zero-order chi connectivity index (χ0) is 27.2. The summed E-state index contributed by atoms with van der Waals surface area (Å²) in [5.41, 5.74) is 2.06. The van der Waals surface area contributed by atoms with Gasteiger partial charge < -0.3 is 34.1 Å². The minimum atomic E-state index is -1.07. The predicted molar refractivity (Wildman–Crippen MR) is 140 cm³/mol. The van der Waals surface area contributed by atoms with Crippen LogP contribution in [0.3, 0.4) is 0 Å². The monoisotopic (exact) mass is 541 g/mol. The second-order valence-electron chi connectivity index (χ2n) is 7.97. The van der Waals surface area contributed by atoms with Crippen LogP contribution in [0.5, 0.6) is 28.7 Å². The van der Waals surface area contributed by atoms with E-state index in [1.165, 1.54) is 18.4 Å². The second kappa shape index (κ2) is 11.7. The molecular formula is C26H27N3O8S. The van der Waals surface area contributed by atoms with E-state index in [2.05, 4.69) is 10.3 Å². The molecule has 2 aromatic carbocycles. The van der Waals surface area contributed by atoms with E-state index in [9.17, 15) is 9.59 Å². The van der Waals surface area contributed by atoms with Gasteiger partial charge in [0.15, 0.2) is 11.6 Å². The largest absolute Gasteiger partial charge is 0.496 e. The second-order valence-corrected chi connectivity index (χ2v) is 8.98. The third-order valence-corrected chi connectivity index (χ3v) is 6.66. The summed E-state index contributed by atoms with van der Waals surface area (Å²) < 4.78 is 28.7. The first kappa shape index (κ1) is 26.6. The smallest absolute Gasteiger partial charge is 0.341 e. The average molecular weight is 542 g/mol. The first-order chi connectivity index (χ1) is 18.4. The summed E-state index contributed by atoms with van der Waals surface area (Å²) in [5.74, 6) is 1.49. The van der Waals surface area contributed by atoms with E-state index in [1.54, 1.807) is 68.5 Å². The lowest BCUT2D eigenvalue weighted by atomic mass is 10.1. The van der Waals surface area contributed by atoms with E-state index in [0.717, 1.165) is 5.56 Å². The predicted octanol–water partition coefficient (Wildman–Crippen LogP) is 3.53. The van der Waals surface area contributed by atoms with Crippen LogP contribution in [0.15, 0.2) is 42.7 Å². The molecular weight excluding hydrogens is 514 g/mol. The maximum atomic E-state index is 12.8. The van der Waals surface area contributed by atoms with Crippen LogP contribution in [-0.4, -0.2) is 68.0 Å². The summed E-state index contributed by atoms with van der Waals surface area (Å²) in [6.45, 7) is -0.0930. The molecule has 0 bridgehead atoms. The Balaban J connectivity index is 1.47. The molecule has 0 saturated carbocycles. The third kappa shape index (κ3) is 5.75. The van der Waals surface area contributed by atoms with Crippen molar-refractivity contribution in [3.63, 3.8) is 0 Å². The maximum absolute atomic E-state index is 12.8. The van der Waals surface area contributed by atoms with Gasteiger partial charge >= 0.3 is 5.97 Å². The number of hydrogen-bond acceptors (Lipinski definition) is 9. The van der Waals surface area contributed by atoms with Crippen molar-refractivity contribution in [1.82, 2.24) is 14.7 Å². The number of nitrogens with zero attached hydrogens (tertiary/aromatic N) is 2. The van der Waals surface area contributed by atoms with Gasteiger partial charge in [0.2, 0.25) is 0 Å². The van der Waals surface area contributed by atoms with Crippen LogP contribution < -0.4 is 29.0 Å². The quantitative estimate of drug-likeness (QED) is 0.277. The zero-order valence-corrected chi connectivity index (χ0v) is 22.1. The highest BCUT2D eigenvalue weighted by Crippen LogP contribution is 2.35. The number of amides is 1. The average Bonchev–Trinajstić information content (AvgIpc) is 3.51. The van der Waals surface area contributed by atoms with E-state index in [4.69, 9.17) is 28.8 Å². The number of aliphatic carboxylic acids is 1. The summed E-state index contributed by atoms with van der Waals surface area (Å²) >= 11 is 1.24. The van der Waals surface area contributed by atoms with Crippen molar-refractivity contribution < 1.29 is 38.4 Å². The van der Waals surface area contributed by atoms with Gasteiger partial charge in [-0.1, -0.05) is 11.3 Å². The molecule has 0 spiro atoms. The summed E-state index contributed by atoms with van der Waals surface area (Å²) in [6, 6.07) is 8.53. The van der Waals surface area contributed by atoms with Gasteiger partial charge in [0.05, 0.1) is 34.1 Å².